The molecule has 0 fully saturated rings. The van der Waals surface area contributed by atoms with Crippen LogP contribution in [-0.4, -0.2) is 27.5 Å². The summed E-state index contributed by atoms with van der Waals surface area (Å²) in [5.74, 6) is -0.218. The van der Waals surface area contributed by atoms with Crippen molar-refractivity contribution in [1.82, 2.24) is 4.72 Å². The quantitative estimate of drug-likeness (QED) is 0.560. The number of sulfonamides is 1. The second kappa shape index (κ2) is 9.76. The number of anilines is 1. The van der Waals surface area contributed by atoms with Crippen LogP contribution in [0.2, 0.25) is 0 Å². The Morgan fingerprint density at radius 1 is 0.968 bits per heavy atom. The number of nitrogens with one attached hydrogen (secondary N) is 2. The van der Waals surface area contributed by atoms with E-state index >= 15 is 0 Å². The minimum atomic E-state index is -4.03. The van der Waals surface area contributed by atoms with E-state index in [2.05, 4.69) is 10.0 Å². The van der Waals surface area contributed by atoms with Crippen LogP contribution in [0.5, 0.6) is 5.75 Å². The third kappa shape index (κ3) is 5.71. The number of hydrogen-bond acceptors (Lipinski definition) is 4. The van der Waals surface area contributed by atoms with Crippen LogP contribution in [0.3, 0.4) is 0 Å². The van der Waals surface area contributed by atoms with Gasteiger partial charge in [-0.2, -0.15) is 4.72 Å². The fourth-order valence-corrected chi connectivity index (χ4v) is 4.66. The molecular formula is C24H26N2O4S. The van der Waals surface area contributed by atoms with E-state index in [0.29, 0.717) is 5.69 Å². The Kier molecular flexibility index (Phi) is 7.09. The summed E-state index contributed by atoms with van der Waals surface area (Å²) < 4.78 is 34.3. The molecule has 3 aromatic rings. The fraction of sp³-hybridized carbons (Fsp3) is 0.208. The first-order valence-electron chi connectivity index (χ1n) is 9.87. The molecule has 2 N–H and O–H groups in total. The Hall–Kier alpha value is -3.16. The summed E-state index contributed by atoms with van der Waals surface area (Å²) in [5, 5.41) is 2.85. The number of amides is 1. The van der Waals surface area contributed by atoms with Gasteiger partial charge in [0.2, 0.25) is 15.9 Å². The zero-order chi connectivity index (χ0) is 22.4. The van der Waals surface area contributed by atoms with Crippen LogP contribution in [-0.2, 0) is 21.2 Å². The van der Waals surface area contributed by atoms with Crippen molar-refractivity contribution in [2.75, 3.05) is 12.4 Å². The van der Waals surface area contributed by atoms with Crippen molar-refractivity contribution in [2.45, 2.75) is 31.2 Å². The van der Waals surface area contributed by atoms with E-state index in [9.17, 15) is 13.2 Å². The van der Waals surface area contributed by atoms with E-state index in [1.54, 1.807) is 25.1 Å². The molecular weight excluding hydrogens is 412 g/mol. The van der Waals surface area contributed by atoms with E-state index < -0.39 is 22.0 Å². The number of rotatable bonds is 8. The molecule has 0 aliphatic heterocycles. The van der Waals surface area contributed by atoms with E-state index in [-0.39, 0.29) is 17.1 Å². The third-order valence-corrected chi connectivity index (χ3v) is 6.40. The van der Waals surface area contributed by atoms with Crippen LogP contribution in [0.1, 0.15) is 16.7 Å². The lowest BCUT2D eigenvalue weighted by Crippen LogP contribution is -2.45. The molecule has 6 nitrogen and oxygen atoms in total. The number of benzene rings is 3. The molecule has 0 aromatic heterocycles. The summed E-state index contributed by atoms with van der Waals surface area (Å²) in [4.78, 5) is 13.1. The molecule has 0 heterocycles. The Morgan fingerprint density at radius 3 is 2.32 bits per heavy atom. The standard InChI is InChI=1S/C24H26N2O4S/c1-17-13-14-22(30-3)23(15-17)31(28,29)26-21(16-19-10-5-4-6-11-19)24(27)25-20-12-8-7-9-18(20)2/h4-15,21,26H,16H2,1-3H3,(H,25,27). The van der Waals surface area contributed by atoms with Gasteiger partial charge >= 0.3 is 0 Å². The minimum Gasteiger partial charge on any atom is -0.495 e. The normalized spacial score (nSPS) is 12.2. The van der Waals surface area contributed by atoms with Crippen LogP contribution in [0.15, 0.2) is 77.7 Å². The molecule has 7 heteroatoms. The second-order valence-electron chi connectivity index (χ2n) is 7.32. The van der Waals surface area contributed by atoms with Crippen LogP contribution in [0.4, 0.5) is 5.69 Å². The first-order valence-corrected chi connectivity index (χ1v) is 11.4. The molecule has 0 aliphatic rings. The van der Waals surface area contributed by atoms with Crippen molar-refractivity contribution in [2.24, 2.45) is 0 Å². The molecule has 0 radical (unpaired) electrons. The monoisotopic (exact) mass is 438 g/mol. The van der Waals surface area contributed by atoms with Crippen molar-refractivity contribution in [3.63, 3.8) is 0 Å². The lowest BCUT2D eigenvalue weighted by Gasteiger charge is -2.20. The molecule has 0 saturated heterocycles. The van der Waals surface area contributed by atoms with Gasteiger partial charge in [-0.05, 0) is 55.2 Å². The van der Waals surface area contributed by atoms with Crippen LogP contribution in [0, 0.1) is 13.8 Å². The molecule has 1 amide bonds. The van der Waals surface area contributed by atoms with Gasteiger partial charge < -0.3 is 10.1 Å². The molecule has 162 valence electrons. The Morgan fingerprint density at radius 2 is 1.65 bits per heavy atom. The van der Waals surface area contributed by atoms with Gasteiger partial charge in [0.05, 0.1) is 7.11 Å². The predicted octanol–water partition coefficient (Wildman–Crippen LogP) is 3.84. The molecule has 0 aliphatic carbocycles. The molecule has 31 heavy (non-hydrogen) atoms. The molecule has 1 atom stereocenters. The highest BCUT2D eigenvalue weighted by molar-refractivity contribution is 7.89. The van der Waals surface area contributed by atoms with Gasteiger partial charge in [0.25, 0.3) is 0 Å². The highest BCUT2D eigenvalue weighted by Crippen LogP contribution is 2.25. The van der Waals surface area contributed by atoms with Gasteiger partial charge in [-0.15, -0.1) is 0 Å². The number of hydrogen-bond donors (Lipinski definition) is 2. The van der Waals surface area contributed by atoms with Crippen molar-refractivity contribution >= 4 is 21.6 Å². The fourth-order valence-electron chi connectivity index (χ4n) is 3.22. The van der Waals surface area contributed by atoms with Gasteiger partial charge in [-0.1, -0.05) is 54.6 Å². The lowest BCUT2D eigenvalue weighted by molar-refractivity contribution is -0.117. The van der Waals surface area contributed by atoms with E-state index in [4.69, 9.17) is 4.74 Å². The number of aryl methyl sites for hydroxylation is 2. The van der Waals surface area contributed by atoms with Crippen molar-refractivity contribution < 1.29 is 17.9 Å². The van der Waals surface area contributed by atoms with E-state index in [1.165, 1.54) is 13.2 Å². The lowest BCUT2D eigenvalue weighted by atomic mass is 10.1. The minimum absolute atomic E-state index is 0.00301. The summed E-state index contributed by atoms with van der Waals surface area (Å²) in [6.45, 7) is 3.67. The van der Waals surface area contributed by atoms with E-state index in [1.807, 2.05) is 55.5 Å². The maximum absolute atomic E-state index is 13.2. The average Bonchev–Trinajstić information content (AvgIpc) is 2.75. The molecule has 1 unspecified atom stereocenters. The topological polar surface area (TPSA) is 84.5 Å². The molecule has 0 bridgehead atoms. The molecule has 0 saturated carbocycles. The van der Waals surface area contributed by atoms with Gasteiger partial charge in [-0.25, -0.2) is 8.42 Å². The van der Waals surface area contributed by atoms with Gasteiger partial charge in [-0.3, -0.25) is 4.79 Å². The van der Waals surface area contributed by atoms with Crippen molar-refractivity contribution in [3.05, 3.63) is 89.5 Å². The van der Waals surface area contributed by atoms with Gasteiger partial charge in [0, 0.05) is 5.69 Å². The zero-order valence-electron chi connectivity index (χ0n) is 17.8. The van der Waals surface area contributed by atoms with E-state index in [0.717, 1.165) is 16.7 Å². The highest BCUT2D eigenvalue weighted by Gasteiger charge is 2.28. The SMILES string of the molecule is COc1ccc(C)cc1S(=O)(=O)NC(Cc1ccccc1)C(=O)Nc1ccccc1C. The van der Waals surface area contributed by atoms with Crippen molar-refractivity contribution in [3.8, 4) is 5.75 Å². The number of ether oxygens (including phenoxy) is 1. The highest BCUT2D eigenvalue weighted by atomic mass is 32.2. The second-order valence-corrected chi connectivity index (χ2v) is 9.00. The number of methoxy groups -OCH3 is 1. The van der Waals surface area contributed by atoms with Crippen LogP contribution in [0.25, 0.3) is 0 Å². The van der Waals surface area contributed by atoms with Gasteiger partial charge in [0.1, 0.15) is 16.7 Å². The molecule has 3 aromatic carbocycles. The largest absolute Gasteiger partial charge is 0.495 e. The summed E-state index contributed by atoms with van der Waals surface area (Å²) in [6.07, 6.45) is 0.200. The zero-order valence-corrected chi connectivity index (χ0v) is 18.6. The number of carbonyl (C=O) groups is 1. The summed E-state index contributed by atoms with van der Waals surface area (Å²) in [7, 11) is -2.62. The maximum atomic E-state index is 13.2. The first kappa shape index (κ1) is 22.5. The summed E-state index contributed by atoms with van der Waals surface area (Å²) in [5.41, 5.74) is 3.13. The Labute approximate surface area is 183 Å². The van der Waals surface area contributed by atoms with Gasteiger partial charge in [0.15, 0.2) is 0 Å². The van der Waals surface area contributed by atoms with Crippen molar-refractivity contribution in [1.29, 1.82) is 0 Å². The van der Waals surface area contributed by atoms with Crippen LogP contribution < -0.4 is 14.8 Å². The Bertz CT molecular complexity index is 1160. The Balaban J connectivity index is 1.93. The molecule has 3 rings (SSSR count). The number of para-hydroxylation sites is 1. The summed E-state index contributed by atoms with van der Waals surface area (Å²) >= 11 is 0. The predicted molar refractivity (Wildman–Crippen MR) is 122 cm³/mol. The maximum Gasteiger partial charge on any atom is 0.245 e. The molecule has 0 spiro atoms. The van der Waals surface area contributed by atoms with Crippen LogP contribution >= 0.6 is 0 Å². The summed E-state index contributed by atoms with van der Waals surface area (Å²) in [6, 6.07) is 20.5. The first-order chi connectivity index (χ1) is 14.8. The average molecular weight is 439 g/mol. The smallest absolute Gasteiger partial charge is 0.245 e. The third-order valence-electron chi connectivity index (χ3n) is 4.91. The number of carbonyl (C=O) groups excluding carboxylic acids is 1.